The second-order valence-corrected chi connectivity index (χ2v) is 9.51. The van der Waals surface area contributed by atoms with Crippen LogP contribution in [0.1, 0.15) is 27.6 Å². The number of nitrogens with one attached hydrogen (secondary N) is 1. The Morgan fingerprint density at radius 1 is 1.03 bits per heavy atom. The molecule has 3 aromatic carbocycles. The molecule has 33 heavy (non-hydrogen) atoms. The molecule has 0 radical (unpaired) electrons. The molecule has 0 fully saturated rings. The Labute approximate surface area is 218 Å². The molecule has 3 aromatic rings. The summed E-state index contributed by atoms with van der Waals surface area (Å²) in [6.45, 7) is 0.899. The van der Waals surface area contributed by atoms with E-state index in [1.54, 1.807) is 36.4 Å². The number of hydrogen-bond acceptors (Lipinski definition) is 5. The van der Waals surface area contributed by atoms with Gasteiger partial charge in [-0.3, -0.25) is 0 Å². The van der Waals surface area contributed by atoms with Crippen molar-refractivity contribution in [3.8, 4) is 0 Å². The summed E-state index contributed by atoms with van der Waals surface area (Å²) in [6.07, 6.45) is -0.0982. The van der Waals surface area contributed by atoms with Crippen molar-refractivity contribution in [2.75, 3.05) is 13.1 Å². The number of carboxylic acid groups (broad SMARTS) is 1. The van der Waals surface area contributed by atoms with E-state index in [-0.39, 0.29) is 39.3 Å². The number of sulfone groups is 1. The SMILES string of the molecule is O=C(O)c1ccc(S(=O)(=O)c2ccc(CCNC[C@@H](O)c3cccc(Cl)c3)cc2)cc1F.[NaH]. The first kappa shape index (κ1) is 27.5. The standard InChI is InChI=1S/C23H21ClFNO5S.Na.H/c24-17-3-1-2-16(12-17)22(27)14-26-11-10-15-4-6-18(7-5-15)32(30,31)19-8-9-20(23(28)29)21(25)13-19;;/h1-9,12-13,22,26-27H,10-11,14H2,(H,28,29);;/t22-;;/m1../s1. The van der Waals surface area contributed by atoms with E-state index in [0.717, 1.165) is 17.7 Å². The molecule has 0 unspecified atom stereocenters. The van der Waals surface area contributed by atoms with Crippen LogP contribution in [0.2, 0.25) is 5.02 Å². The normalized spacial score (nSPS) is 12.1. The van der Waals surface area contributed by atoms with Crippen molar-refractivity contribution >= 4 is 57.0 Å². The van der Waals surface area contributed by atoms with Gasteiger partial charge in [0.2, 0.25) is 9.84 Å². The van der Waals surface area contributed by atoms with Gasteiger partial charge in [-0.15, -0.1) is 0 Å². The van der Waals surface area contributed by atoms with Crippen LogP contribution in [0.3, 0.4) is 0 Å². The maximum atomic E-state index is 13.9. The number of rotatable bonds is 9. The number of aromatic carboxylic acids is 1. The maximum absolute atomic E-state index is 13.9. The molecule has 1 atom stereocenters. The third kappa shape index (κ3) is 7.10. The van der Waals surface area contributed by atoms with Gasteiger partial charge in [0, 0.05) is 11.6 Å². The quantitative estimate of drug-likeness (QED) is 0.307. The van der Waals surface area contributed by atoms with Gasteiger partial charge in [-0.2, -0.15) is 0 Å². The number of aliphatic hydroxyl groups excluding tert-OH is 1. The van der Waals surface area contributed by atoms with Crippen molar-refractivity contribution < 1.29 is 27.8 Å². The van der Waals surface area contributed by atoms with Crippen LogP contribution in [0.25, 0.3) is 0 Å². The van der Waals surface area contributed by atoms with Crippen LogP contribution in [-0.2, 0) is 16.3 Å². The van der Waals surface area contributed by atoms with E-state index >= 15 is 0 Å². The first-order valence-corrected chi connectivity index (χ1v) is 11.6. The van der Waals surface area contributed by atoms with Crippen molar-refractivity contribution in [3.63, 3.8) is 0 Å². The van der Waals surface area contributed by atoms with E-state index in [2.05, 4.69) is 5.32 Å². The van der Waals surface area contributed by atoms with Gasteiger partial charge in [-0.1, -0.05) is 35.9 Å². The molecule has 10 heteroatoms. The van der Waals surface area contributed by atoms with E-state index < -0.39 is 33.3 Å². The molecule has 0 aliphatic rings. The molecule has 0 heterocycles. The van der Waals surface area contributed by atoms with Crippen molar-refractivity contribution in [2.45, 2.75) is 22.3 Å². The first-order valence-electron chi connectivity index (χ1n) is 9.69. The van der Waals surface area contributed by atoms with Crippen molar-refractivity contribution in [1.29, 1.82) is 0 Å². The molecule has 0 aliphatic carbocycles. The number of halogens is 2. The third-order valence-corrected chi connectivity index (χ3v) is 6.88. The molecular weight excluding hydrogens is 480 g/mol. The van der Waals surface area contributed by atoms with Crippen molar-refractivity contribution in [1.82, 2.24) is 5.32 Å². The van der Waals surface area contributed by atoms with Gasteiger partial charge >= 0.3 is 35.5 Å². The second-order valence-electron chi connectivity index (χ2n) is 7.12. The zero-order valence-corrected chi connectivity index (χ0v) is 18.4. The van der Waals surface area contributed by atoms with Crippen molar-refractivity contribution in [2.24, 2.45) is 0 Å². The number of carboxylic acids is 1. The molecule has 0 saturated carbocycles. The fourth-order valence-electron chi connectivity index (χ4n) is 3.11. The molecule has 3 rings (SSSR count). The Bertz CT molecular complexity index is 1220. The first-order chi connectivity index (χ1) is 15.2. The Morgan fingerprint density at radius 2 is 1.70 bits per heavy atom. The van der Waals surface area contributed by atoms with E-state index in [1.807, 2.05) is 0 Å². The molecule has 6 nitrogen and oxygen atoms in total. The summed E-state index contributed by atoms with van der Waals surface area (Å²) in [7, 11) is -3.98. The number of hydrogen-bond donors (Lipinski definition) is 3. The van der Waals surface area contributed by atoms with Gasteiger partial charge in [0.15, 0.2) is 0 Å². The molecular formula is C23H22ClFNNaO5S. The predicted molar refractivity (Wildman–Crippen MR) is 125 cm³/mol. The van der Waals surface area contributed by atoms with Crippen LogP contribution in [0.15, 0.2) is 76.5 Å². The third-order valence-electron chi connectivity index (χ3n) is 4.88. The van der Waals surface area contributed by atoms with Crippen LogP contribution in [0.4, 0.5) is 4.39 Å². The number of benzene rings is 3. The van der Waals surface area contributed by atoms with Crippen molar-refractivity contribution in [3.05, 3.63) is 94.3 Å². The molecule has 0 aliphatic heterocycles. The van der Waals surface area contributed by atoms with E-state index in [0.29, 0.717) is 36.2 Å². The monoisotopic (exact) mass is 501 g/mol. The van der Waals surface area contributed by atoms with Crippen LogP contribution in [0, 0.1) is 5.82 Å². The minimum atomic E-state index is -3.98. The topological polar surface area (TPSA) is 104 Å². The molecule has 0 aromatic heterocycles. The molecule has 0 saturated heterocycles. The zero-order chi connectivity index (χ0) is 23.3. The summed E-state index contributed by atoms with van der Waals surface area (Å²) < 4.78 is 39.3. The van der Waals surface area contributed by atoms with Gasteiger partial charge in [0.1, 0.15) is 5.82 Å². The Kier molecular flexibility index (Phi) is 10.1. The fraction of sp³-hybridized carbons (Fsp3) is 0.174. The summed E-state index contributed by atoms with van der Waals surface area (Å²) in [4.78, 5) is 10.6. The van der Waals surface area contributed by atoms with Gasteiger partial charge in [0.05, 0.1) is 21.5 Å². The van der Waals surface area contributed by atoms with Crippen LogP contribution >= 0.6 is 11.6 Å². The van der Waals surface area contributed by atoms with E-state index in [9.17, 15) is 22.7 Å². The van der Waals surface area contributed by atoms with Crippen LogP contribution in [0.5, 0.6) is 0 Å². The Balaban J connectivity index is 0.00000385. The predicted octanol–water partition coefficient (Wildman–Crippen LogP) is 3.23. The minimum absolute atomic E-state index is 0. The summed E-state index contributed by atoms with van der Waals surface area (Å²) in [5.41, 5.74) is 1.00. The van der Waals surface area contributed by atoms with Gasteiger partial charge in [-0.25, -0.2) is 17.6 Å². The molecule has 0 amide bonds. The Morgan fingerprint density at radius 3 is 2.30 bits per heavy atom. The molecule has 170 valence electrons. The fourth-order valence-corrected chi connectivity index (χ4v) is 4.58. The van der Waals surface area contributed by atoms with Gasteiger partial charge < -0.3 is 15.5 Å². The van der Waals surface area contributed by atoms with Crippen LogP contribution in [-0.4, -0.2) is 67.2 Å². The van der Waals surface area contributed by atoms with Crippen LogP contribution < -0.4 is 5.32 Å². The zero-order valence-electron chi connectivity index (χ0n) is 16.8. The van der Waals surface area contributed by atoms with Gasteiger partial charge in [-0.05, 0) is 66.6 Å². The average Bonchev–Trinajstić information content (AvgIpc) is 2.76. The molecule has 0 bridgehead atoms. The summed E-state index contributed by atoms with van der Waals surface area (Å²) in [5, 5.41) is 22.8. The number of carbonyl (C=O) groups is 1. The molecule has 3 N–H and O–H groups in total. The van der Waals surface area contributed by atoms with E-state index in [4.69, 9.17) is 16.7 Å². The Hall–Kier alpha value is -1.78. The van der Waals surface area contributed by atoms with E-state index in [1.165, 1.54) is 12.1 Å². The second kappa shape index (κ2) is 12.1. The number of aliphatic hydroxyl groups is 1. The summed E-state index contributed by atoms with van der Waals surface area (Å²) in [5.74, 6) is -2.58. The molecule has 0 spiro atoms. The van der Waals surface area contributed by atoms with Gasteiger partial charge in [0.25, 0.3) is 0 Å². The average molecular weight is 502 g/mol. The summed E-state index contributed by atoms with van der Waals surface area (Å²) in [6, 6.07) is 15.9. The summed E-state index contributed by atoms with van der Waals surface area (Å²) >= 11 is 5.92.